The lowest BCUT2D eigenvalue weighted by Gasteiger charge is -2.22. The minimum absolute atomic E-state index is 0. The van der Waals surface area contributed by atoms with Crippen LogP contribution in [0.15, 0.2) is 44.6 Å². The standard InChI is InChI=1S/C17H18N4O3.ClH/c22-15-5-8-21(17(23)19-15)16-13-10-12(1-2-14(13)24-20-16)9-11-3-6-18-7-4-11;/h1-2,5,8,10-11,18H,3-4,6-7,9H2,(H,19,22,23);1H. The number of rotatable bonds is 3. The summed E-state index contributed by atoms with van der Waals surface area (Å²) in [5.41, 5.74) is 0.866. The van der Waals surface area contributed by atoms with Gasteiger partial charge in [-0.15, -0.1) is 12.4 Å². The molecule has 2 N–H and O–H groups in total. The lowest BCUT2D eigenvalue weighted by atomic mass is 9.91. The van der Waals surface area contributed by atoms with E-state index in [2.05, 4.69) is 21.5 Å². The second-order valence-corrected chi connectivity index (χ2v) is 6.21. The molecule has 1 aromatic carbocycles. The number of aromatic nitrogens is 3. The summed E-state index contributed by atoms with van der Waals surface area (Å²) < 4.78 is 6.62. The quantitative estimate of drug-likeness (QED) is 0.738. The molecule has 0 bridgehead atoms. The normalized spacial score (nSPS) is 15.2. The van der Waals surface area contributed by atoms with Crippen LogP contribution >= 0.6 is 12.4 Å². The Hall–Kier alpha value is -2.38. The summed E-state index contributed by atoms with van der Waals surface area (Å²) in [6, 6.07) is 7.26. The number of nitrogens with zero attached hydrogens (tertiary/aromatic N) is 2. The molecule has 0 saturated carbocycles. The third kappa shape index (κ3) is 3.52. The highest BCUT2D eigenvalue weighted by Gasteiger charge is 2.16. The number of hydrogen-bond acceptors (Lipinski definition) is 5. The molecule has 4 rings (SSSR count). The van der Waals surface area contributed by atoms with Crippen LogP contribution in [-0.4, -0.2) is 27.8 Å². The van der Waals surface area contributed by atoms with E-state index in [4.69, 9.17) is 4.52 Å². The van der Waals surface area contributed by atoms with Crippen molar-refractivity contribution < 1.29 is 4.52 Å². The Kier molecular flexibility index (Phi) is 5.06. The summed E-state index contributed by atoms with van der Waals surface area (Å²) >= 11 is 0. The number of halogens is 1. The van der Waals surface area contributed by atoms with Gasteiger partial charge in [-0.1, -0.05) is 11.2 Å². The zero-order valence-electron chi connectivity index (χ0n) is 13.5. The van der Waals surface area contributed by atoms with Crippen LogP contribution in [0, 0.1) is 5.92 Å². The first kappa shape index (κ1) is 17.4. The molecule has 7 nitrogen and oxygen atoms in total. The van der Waals surface area contributed by atoms with Gasteiger partial charge in [0.1, 0.15) is 0 Å². The highest BCUT2D eigenvalue weighted by Crippen LogP contribution is 2.25. The predicted octanol–water partition coefficient (Wildman–Crippen LogP) is 1.63. The topological polar surface area (TPSA) is 92.9 Å². The highest BCUT2D eigenvalue weighted by molar-refractivity contribution is 5.85. The lowest BCUT2D eigenvalue weighted by Crippen LogP contribution is -2.28. The summed E-state index contributed by atoms with van der Waals surface area (Å²) in [5.74, 6) is 1.07. The van der Waals surface area contributed by atoms with Gasteiger partial charge >= 0.3 is 5.69 Å². The minimum atomic E-state index is -0.526. The van der Waals surface area contributed by atoms with Gasteiger partial charge in [0.15, 0.2) is 11.4 Å². The second-order valence-electron chi connectivity index (χ2n) is 6.21. The van der Waals surface area contributed by atoms with E-state index in [0.29, 0.717) is 17.3 Å². The van der Waals surface area contributed by atoms with Crippen LogP contribution in [0.4, 0.5) is 0 Å². The van der Waals surface area contributed by atoms with Gasteiger partial charge < -0.3 is 9.84 Å². The van der Waals surface area contributed by atoms with Gasteiger partial charge in [-0.05, 0) is 56.0 Å². The number of nitrogens with one attached hydrogen (secondary N) is 2. The summed E-state index contributed by atoms with van der Waals surface area (Å²) in [6.45, 7) is 2.14. The highest BCUT2D eigenvalue weighted by atomic mass is 35.5. The molecular formula is C17H19ClN4O3. The summed E-state index contributed by atoms with van der Waals surface area (Å²) in [5, 5.41) is 8.15. The molecule has 3 heterocycles. The molecule has 1 aliphatic heterocycles. The molecule has 2 aromatic heterocycles. The monoisotopic (exact) mass is 362 g/mol. The predicted molar refractivity (Wildman–Crippen MR) is 96.8 cm³/mol. The number of hydrogen-bond donors (Lipinski definition) is 2. The number of fused-ring (bicyclic) bond motifs is 1. The maximum Gasteiger partial charge on any atom is 0.334 e. The Morgan fingerprint density at radius 2 is 2.00 bits per heavy atom. The van der Waals surface area contributed by atoms with Crippen molar-refractivity contribution in [3.8, 4) is 5.82 Å². The Morgan fingerprint density at radius 1 is 1.20 bits per heavy atom. The molecule has 1 aliphatic rings. The molecule has 0 atom stereocenters. The molecule has 0 aliphatic carbocycles. The second kappa shape index (κ2) is 7.25. The van der Waals surface area contributed by atoms with Gasteiger partial charge in [0.2, 0.25) is 0 Å². The fourth-order valence-corrected chi connectivity index (χ4v) is 3.28. The number of aromatic amines is 1. The van der Waals surface area contributed by atoms with Crippen molar-refractivity contribution in [3.63, 3.8) is 0 Å². The van der Waals surface area contributed by atoms with Crippen molar-refractivity contribution in [3.05, 3.63) is 56.9 Å². The zero-order chi connectivity index (χ0) is 16.5. The zero-order valence-corrected chi connectivity index (χ0v) is 14.3. The van der Waals surface area contributed by atoms with Crippen LogP contribution in [0.3, 0.4) is 0 Å². The molecule has 25 heavy (non-hydrogen) atoms. The van der Waals surface area contributed by atoms with Crippen molar-refractivity contribution in [1.82, 2.24) is 20.0 Å². The number of H-pyrrole nitrogens is 1. The summed E-state index contributed by atoms with van der Waals surface area (Å²) in [6.07, 6.45) is 4.77. The van der Waals surface area contributed by atoms with Crippen LogP contribution in [0.2, 0.25) is 0 Å². The fraction of sp³-hybridized carbons (Fsp3) is 0.353. The Morgan fingerprint density at radius 3 is 2.76 bits per heavy atom. The van der Waals surface area contributed by atoms with Crippen molar-refractivity contribution in [2.45, 2.75) is 19.3 Å². The van der Waals surface area contributed by atoms with Gasteiger partial charge in [0.25, 0.3) is 5.56 Å². The first-order valence-corrected chi connectivity index (χ1v) is 8.12. The first-order valence-electron chi connectivity index (χ1n) is 8.12. The van der Waals surface area contributed by atoms with Crippen molar-refractivity contribution in [1.29, 1.82) is 0 Å². The van der Waals surface area contributed by atoms with Crippen molar-refractivity contribution in [2.24, 2.45) is 5.92 Å². The maximum absolute atomic E-state index is 12.0. The SMILES string of the molecule is Cl.O=c1ccn(-c2noc3ccc(CC4CCNCC4)cc23)c(=O)[nH]1. The average molecular weight is 363 g/mol. The smallest absolute Gasteiger partial charge is 0.334 e. The van der Waals surface area contributed by atoms with Gasteiger partial charge in [-0.3, -0.25) is 9.78 Å². The minimum Gasteiger partial charge on any atom is -0.354 e. The first-order chi connectivity index (χ1) is 11.7. The molecule has 1 saturated heterocycles. The molecule has 1 fully saturated rings. The molecule has 0 spiro atoms. The van der Waals surface area contributed by atoms with E-state index in [9.17, 15) is 9.59 Å². The van der Waals surface area contributed by atoms with Crippen LogP contribution in [0.25, 0.3) is 16.8 Å². The fourth-order valence-electron chi connectivity index (χ4n) is 3.28. The largest absolute Gasteiger partial charge is 0.354 e. The molecule has 132 valence electrons. The number of benzene rings is 1. The van der Waals surface area contributed by atoms with Crippen LogP contribution in [0.1, 0.15) is 18.4 Å². The van der Waals surface area contributed by atoms with Crippen molar-refractivity contribution in [2.75, 3.05) is 13.1 Å². The van der Waals surface area contributed by atoms with Crippen LogP contribution < -0.4 is 16.6 Å². The third-order valence-corrected chi connectivity index (χ3v) is 4.55. The van der Waals surface area contributed by atoms with Crippen LogP contribution in [-0.2, 0) is 6.42 Å². The Bertz CT molecular complexity index is 985. The third-order valence-electron chi connectivity index (χ3n) is 4.55. The van der Waals surface area contributed by atoms with Gasteiger partial charge in [0.05, 0.1) is 5.39 Å². The lowest BCUT2D eigenvalue weighted by molar-refractivity contribution is 0.373. The Labute approximate surface area is 149 Å². The molecule has 3 aromatic rings. The van der Waals surface area contributed by atoms with Gasteiger partial charge in [-0.25, -0.2) is 9.36 Å². The molecule has 8 heteroatoms. The van der Waals surface area contributed by atoms with E-state index >= 15 is 0 Å². The van der Waals surface area contributed by atoms with Crippen LogP contribution in [0.5, 0.6) is 0 Å². The Balaban J connectivity index is 0.00000182. The van der Waals surface area contributed by atoms with Crippen molar-refractivity contribution >= 4 is 23.4 Å². The maximum atomic E-state index is 12.0. The molecule has 0 radical (unpaired) electrons. The summed E-state index contributed by atoms with van der Waals surface area (Å²) in [7, 11) is 0. The molecule has 0 amide bonds. The van der Waals surface area contributed by atoms with E-state index in [0.717, 1.165) is 24.9 Å². The summed E-state index contributed by atoms with van der Waals surface area (Å²) in [4.78, 5) is 25.5. The number of piperidine rings is 1. The van der Waals surface area contributed by atoms with E-state index in [1.807, 2.05) is 12.1 Å². The molecular weight excluding hydrogens is 344 g/mol. The van der Waals surface area contributed by atoms with E-state index in [1.165, 1.54) is 35.2 Å². The van der Waals surface area contributed by atoms with Gasteiger partial charge in [-0.2, -0.15) is 0 Å². The van der Waals surface area contributed by atoms with E-state index in [1.54, 1.807) is 0 Å². The molecule has 0 unspecified atom stereocenters. The van der Waals surface area contributed by atoms with Gasteiger partial charge in [0, 0.05) is 12.3 Å². The average Bonchev–Trinajstić information content (AvgIpc) is 2.99. The van der Waals surface area contributed by atoms with E-state index in [-0.39, 0.29) is 12.4 Å². The van der Waals surface area contributed by atoms with E-state index < -0.39 is 11.2 Å².